The van der Waals surface area contributed by atoms with Crippen LogP contribution in [0, 0.1) is 0 Å². The molecule has 0 bridgehead atoms. The summed E-state index contributed by atoms with van der Waals surface area (Å²) in [6.45, 7) is 4.58. The van der Waals surface area contributed by atoms with Crippen LogP contribution in [0.25, 0.3) is 6.08 Å². The number of carbonyl (C=O) groups is 1. The third-order valence-corrected chi connectivity index (χ3v) is 4.25. The van der Waals surface area contributed by atoms with Crippen molar-refractivity contribution in [1.82, 2.24) is 10.2 Å². The zero-order chi connectivity index (χ0) is 18.1. The lowest BCUT2D eigenvalue weighted by Gasteiger charge is -2.09. The third-order valence-electron chi connectivity index (χ3n) is 3.36. The number of ether oxygens (including phenoxy) is 2. The maximum absolute atomic E-state index is 12.0. The molecule has 0 radical (unpaired) electrons. The summed E-state index contributed by atoms with van der Waals surface area (Å²) in [7, 11) is 1.59. The number of amides is 1. The number of anilines is 1. The van der Waals surface area contributed by atoms with E-state index in [4.69, 9.17) is 9.47 Å². The lowest BCUT2D eigenvalue weighted by molar-refractivity contribution is -0.111. The van der Waals surface area contributed by atoms with Crippen molar-refractivity contribution in [3.05, 3.63) is 34.8 Å². The van der Waals surface area contributed by atoms with Crippen LogP contribution < -0.4 is 14.8 Å². The lowest BCUT2D eigenvalue weighted by atomic mass is 10.2. The van der Waals surface area contributed by atoms with E-state index in [2.05, 4.69) is 22.4 Å². The number of rotatable bonds is 9. The standard InChI is InChI=1S/C18H23N3O3S/c1-4-6-7-17-20-21-18(25-17)19-16(22)11-9-13-8-10-14(23-3)15(12-13)24-5-2/h8-12H,4-7H2,1-3H3,(H,19,21,22)/b11-9+. The summed E-state index contributed by atoms with van der Waals surface area (Å²) in [5, 5.41) is 12.3. The second-order valence-corrected chi connectivity index (χ2v) is 6.33. The second-order valence-electron chi connectivity index (χ2n) is 5.27. The van der Waals surface area contributed by atoms with Gasteiger partial charge in [-0.2, -0.15) is 0 Å². The van der Waals surface area contributed by atoms with Gasteiger partial charge in [-0.3, -0.25) is 10.1 Å². The number of nitrogens with one attached hydrogen (secondary N) is 1. The monoisotopic (exact) mass is 361 g/mol. The first-order valence-electron chi connectivity index (χ1n) is 8.28. The number of unbranched alkanes of at least 4 members (excludes halogenated alkanes) is 1. The van der Waals surface area contributed by atoms with Crippen LogP contribution >= 0.6 is 11.3 Å². The Balaban J connectivity index is 1.97. The Morgan fingerprint density at radius 2 is 2.12 bits per heavy atom. The second kappa shape index (κ2) is 9.78. The molecule has 0 aliphatic heterocycles. The van der Waals surface area contributed by atoms with Gasteiger partial charge in [0.1, 0.15) is 5.01 Å². The van der Waals surface area contributed by atoms with Crippen molar-refractivity contribution in [3.8, 4) is 11.5 Å². The molecule has 2 rings (SSSR count). The van der Waals surface area contributed by atoms with E-state index in [1.54, 1.807) is 13.2 Å². The van der Waals surface area contributed by atoms with Crippen LogP contribution in [0.5, 0.6) is 11.5 Å². The number of hydrogen-bond acceptors (Lipinski definition) is 6. The van der Waals surface area contributed by atoms with Crippen LogP contribution in [0.4, 0.5) is 5.13 Å². The molecule has 0 saturated heterocycles. The zero-order valence-corrected chi connectivity index (χ0v) is 15.6. The molecule has 0 fully saturated rings. The number of aryl methyl sites for hydroxylation is 1. The highest BCUT2D eigenvalue weighted by atomic mass is 32.1. The van der Waals surface area contributed by atoms with Gasteiger partial charge >= 0.3 is 0 Å². The fourth-order valence-electron chi connectivity index (χ4n) is 2.12. The predicted octanol–water partition coefficient (Wildman–Crippen LogP) is 3.94. The van der Waals surface area contributed by atoms with Gasteiger partial charge in [-0.05, 0) is 37.1 Å². The quantitative estimate of drug-likeness (QED) is 0.685. The molecule has 0 aliphatic rings. The Kier molecular flexibility index (Phi) is 7.40. The van der Waals surface area contributed by atoms with Gasteiger partial charge in [-0.25, -0.2) is 0 Å². The molecule has 0 unspecified atom stereocenters. The van der Waals surface area contributed by atoms with Crippen molar-refractivity contribution in [2.75, 3.05) is 19.0 Å². The first-order valence-corrected chi connectivity index (χ1v) is 9.10. The smallest absolute Gasteiger partial charge is 0.250 e. The van der Waals surface area contributed by atoms with Crippen LogP contribution in [0.15, 0.2) is 24.3 Å². The van der Waals surface area contributed by atoms with Crippen molar-refractivity contribution in [3.63, 3.8) is 0 Å². The summed E-state index contributed by atoms with van der Waals surface area (Å²) in [6, 6.07) is 5.51. The minimum Gasteiger partial charge on any atom is -0.493 e. The van der Waals surface area contributed by atoms with Crippen LogP contribution in [0.3, 0.4) is 0 Å². The van der Waals surface area contributed by atoms with Gasteiger partial charge < -0.3 is 9.47 Å². The summed E-state index contributed by atoms with van der Waals surface area (Å²) in [5.41, 5.74) is 0.847. The number of nitrogens with zero attached hydrogens (tertiary/aromatic N) is 2. The van der Waals surface area contributed by atoms with Crippen LogP contribution in [0.1, 0.15) is 37.3 Å². The fourth-order valence-corrected chi connectivity index (χ4v) is 2.90. The van der Waals surface area contributed by atoms with E-state index in [-0.39, 0.29) is 5.91 Å². The lowest BCUT2D eigenvalue weighted by Crippen LogP contribution is -2.07. The summed E-state index contributed by atoms with van der Waals surface area (Å²) >= 11 is 1.41. The van der Waals surface area contributed by atoms with Crippen molar-refractivity contribution < 1.29 is 14.3 Å². The summed E-state index contributed by atoms with van der Waals surface area (Å²) < 4.78 is 10.8. The highest BCUT2D eigenvalue weighted by Crippen LogP contribution is 2.28. The highest BCUT2D eigenvalue weighted by molar-refractivity contribution is 7.15. The molecule has 0 aliphatic carbocycles. The molecule has 1 aromatic carbocycles. The average molecular weight is 361 g/mol. The molecule has 25 heavy (non-hydrogen) atoms. The summed E-state index contributed by atoms with van der Waals surface area (Å²) in [4.78, 5) is 12.0. The Morgan fingerprint density at radius 1 is 1.28 bits per heavy atom. The Labute approximate surface area is 151 Å². The van der Waals surface area contributed by atoms with E-state index in [0.29, 0.717) is 23.2 Å². The molecule has 1 N–H and O–H groups in total. The van der Waals surface area contributed by atoms with Crippen LogP contribution in [0.2, 0.25) is 0 Å². The van der Waals surface area contributed by atoms with E-state index in [9.17, 15) is 4.79 Å². The van der Waals surface area contributed by atoms with Gasteiger partial charge in [0, 0.05) is 12.5 Å². The van der Waals surface area contributed by atoms with Gasteiger partial charge in [0.25, 0.3) is 0 Å². The van der Waals surface area contributed by atoms with Crippen molar-refractivity contribution >= 4 is 28.5 Å². The first-order chi connectivity index (χ1) is 12.2. The van der Waals surface area contributed by atoms with Gasteiger partial charge in [0.2, 0.25) is 11.0 Å². The highest BCUT2D eigenvalue weighted by Gasteiger charge is 2.07. The van der Waals surface area contributed by atoms with E-state index < -0.39 is 0 Å². The number of hydrogen-bond donors (Lipinski definition) is 1. The zero-order valence-electron chi connectivity index (χ0n) is 14.7. The van der Waals surface area contributed by atoms with Crippen molar-refractivity contribution in [1.29, 1.82) is 0 Å². The third kappa shape index (κ3) is 5.86. The van der Waals surface area contributed by atoms with Crippen molar-refractivity contribution in [2.45, 2.75) is 33.1 Å². The molecule has 134 valence electrons. The minimum atomic E-state index is -0.244. The number of aromatic nitrogens is 2. The van der Waals surface area contributed by atoms with Gasteiger partial charge in [-0.15, -0.1) is 10.2 Å². The number of methoxy groups -OCH3 is 1. The summed E-state index contributed by atoms with van der Waals surface area (Å²) in [6.07, 6.45) is 6.25. The molecule has 6 nitrogen and oxygen atoms in total. The number of benzene rings is 1. The Bertz CT molecular complexity index is 728. The van der Waals surface area contributed by atoms with Gasteiger partial charge in [0.15, 0.2) is 11.5 Å². The van der Waals surface area contributed by atoms with Crippen LogP contribution in [-0.4, -0.2) is 29.8 Å². The molecule has 7 heteroatoms. The molecule has 0 atom stereocenters. The Hall–Kier alpha value is -2.41. The van der Waals surface area contributed by atoms with Crippen LogP contribution in [-0.2, 0) is 11.2 Å². The molecular formula is C18H23N3O3S. The van der Waals surface area contributed by atoms with E-state index in [1.165, 1.54) is 17.4 Å². The largest absolute Gasteiger partial charge is 0.493 e. The molecule has 2 aromatic rings. The van der Waals surface area contributed by atoms with Gasteiger partial charge in [0.05, 0.1) is 13.7 Å². The molecule has 0 saturated carbocycles. The van der Waals surface area contributed by atoms with Crippen molar-refractivity contribution in [2.24, 2.45) is 0 Å². The normalized spacial score (nSPS) is 10.8. The topological polar surface area (TPSA) is 73.3 Å². The summed E-state index contributed by atoms with van der Waals surface area (Å²) in [5.74, 6) is 1.07. The SMILES string of the molecule is CCCCc1nnc(NC(=O)/C=C/c2ccc(OC)c(OCC)c2)s1. The first kappa shape index (κ1) is 18.9. The fraction of sp³-hybridized carbons (Fsp3) is 0.389. The maximum Gasteiger partial charge on any atom is 0.250 e. The van der Waals surface area contributed by atoms with E-state index in [0.717, 1.165) is 29.8 Å². The molecule has 1 amide bonds. The Morgan fingerprint density at radius 3 is 2.84 bits per heavy atom. The van der Waals surface area contributed by atoms with Gasteiger partial charge in [-0.1, -0.05) is 30.7 Å². The molecule has 1 aromatic heterocycles. The molecule has 1 heterocycles. The van der Waals surface area contributed by atoms with E-state index in [1.807, 2.05) is 25.1 Å². The number of carbonyl (C=O) groups excluding carboxylic acids is 1. The maximum atomic E-state index is 12.0. The van der Waals surface area contributed by atoms with E-state index >= 15 is 0 Å². The predicted molar refractivity (Wildman–Crippen MR) is 100 cm³/mol. The molecule has 0 spiro atoms. The molecular weight excluding hydrogens is 338 g/mol. The average Bonchev–Trinajstić information content (AvgIpc) is 3.06. The minimum absolute atomic E-state index is 0.244.